The number of likely N-dealkylation sites (tertiary alicyclic amines) is 1. The lowest BCUT2D eigenvalue weighted by Crippen LogP contribution is -2.44. The SMILES string of the molecule is CC1(C)COCc2ccc(CN3CCC4(CC3)CC(c3ccc(C(=O)O)cc3)=NO4)cc21. The summed E-state index contributed by atoms with van der Waals surface area (Å²) in [6.07, 6.45) is 2.66. The molecule has 1 saturated heterocycles. The molecule has 6 heteroatoms. The maximum Gasteiger partial charge on any atom is 0.335 e. The normalized spacial score (nSPS) is 21.6. The van der Waals surface area contributed by atoms with Crippen molar-refractivity contribution in [3.63, 3.8) is 0 Å². The molecule has 1 spiro atoms. The zero-order valence-electron chi connectivity index (χ0n) is 18.8. The molecule has 2 aromatic carbocycles. The predicted octanol–water partition coefficient (Wildman–Crippen LogP) is 4.35. The molecule has 3 aliphatic rings. The first-order valence-corrected chi connectivity index (χ1v) is 11.3. The van der Waals surface area contributed by atoms with E-state index in [1.165, 1.54) is 16.7 Å². The van der Waals surface area contributed by atoms with Crippen LogP contribution < -0.4 is 0 Å². The Bertz CT molecular complexity index is 1050. The minimum absolute atomic E-state index is 0.0592. The van der Waals surface area contributed by atoms with Crippen molar-refractivity contribution in [2.24, 2.45) is 5.16 Å². The van der Waals surface area contributed by atoms with Crippen molar-refractivity contribution in [2.45, 2.75) is 57.3 Å². The highest BCUT2D eigenvalue weighted by Gasteiger charge is 2.42. The van der Waals surface area contributed by atoms with E-state index in [1.807, 2.05) is 12.1 Å². The van der Waals surface area contributed by atoms with E-state index in [9.17, 15) is 4.79 Å². The van der Waals surface area contributed by atoms with Gasteiger partial charge >= 0.3 is 5.97 Å². The molecule has 6 nitrogen and oxygen atoms in total. The van der Waals surface area contributed by atoms with Gasteiger partial charge in [-0.05, 0) is 34.4 Å². The third-order valence-electron chi connectivity index (χ3n) is 7.10. The Morgan fingerprint density at radius 3 is 2.59 bits per heavy atom. The first-order chi connectivity index (χ1) is 15.3. The van der Waals surface area contributed by atoms with E-state index in [4.69, 9.17) is 14.7 Å². The molecule has 3 aliphatic heterocycles. The van der Waals surface area contributed by atoms with Crippen molar-refractivity contribution in [3.05, 3.63) is 70.3 Å². The molecule has 0 unspecified atom stereocenters. The van der Waals surface area contributed by atoms with Gasteiger partial charge in [0.1, 0.15) is 5.60 Å². The van der Waals surface area contributed by atoms with E-state index >= 15 is 0 Å². The topological polar surface area (TPSA) is 71.4 Å². The lowest BCUT2D eigenvalue weighted by Gasteiger charge is -2.37. The maximum absolute atomic E-state index is 11.1. The maximum atomic E-state index is 11.1. The largest absolute Gasteiger partial charge is 0.478 e. The first-order valence-electron chi connectivity index (χ1n) is 11.3. The van der Waals surface area contributed by atoms with Gasteiger partial charge in [-0.1, -0.05) is 49.3 Å². The Balaban J connectivity index is 1.20. The molecule has 2 aromatic rings. The highest BCUT2D eigenvalue weighted by molar-refractivity contribution is 6.02. The van der Waals surface area contributed by atoms with Gasteiger partial charge in [0.2, 0.25) is 0 Å². The first kappa shape index (κ1) is 21.2. The second-order valence-electron chi connectivity index (χ2n) is 10.0. The van der Waals surface area contributed by atoms with Crippen LogP contribution in [0.5, 0.6) is 0 Å². The standard InChI is InChI=1S/C26H30N2O4/c1-25(2)17-31-16-21-4-3-18(13-22(21)25)15-28-11-9-26(10-12-28)14-23(27-32-26)19-5-7-20(8-6-19)24(29)30/h3-8,13H,9-12,14-17H2,1-2H3,(H,29,30). The number of nitrogens with zero attached hydrogens (tertiary/aromatic N) is 2. The second kappa shape index (κ2) is 8.01. The molecule has 0 bridgehead atoms. The third kappa shape index (κ3) is 4.05. The fourth-order valence-corrected chi connectivity index (χ4v) is 5.10. The Labute approximate surface area is 188 Å². The van der Waals surface area contributed by atoms with Crippen LogP contribution in [0.15, 0.2) is 47.6 Å². The fourth-order valence-electron chi connectivity index (χ4n) is 5.10. The van der Waals surface area contributed by atoms with Crippen molar-refractivity contribution < 1.29 is 19.5 Å². The number of piperidine rings is 1. The minimum Gasteiger partial charge on any atom is -0.478 e. The average molecular weight is 435 g/mol. The summed E-state index contributed by atoms with van der Waals surface area (Å²) in [5.74, 6) is -0.916. The second-order valence-corrected chi connectivity index (χ2v) is 10.0. The summed E-state index contributed by atoms with van der Waals surface area (Å²) < 4.78 is 5.75. The van der Waals surface area contributed by atoms with E-state index in [0.29, 0.717) is 6.61 Å². The van der Waals surface area contributed by atoms with Gasteiger partial charge in [0.25, 0.3) is 0 Å². The lowest BCUT2D eigenvalue weighted by atomic mass is 9.80. The van der Waals surface area contributed by atoms with Crippen molar-refractivity contribution in [1.29, 1.82) is 0 Å². The summed E-state index contributed by atoms with van der Waals surface area (Å²) >= 11 is 0. The van der Waals surface area contributed by atoms with Crippen LogP contribution in [-0.4, -0.2) is 47.0 Å². The molecule has 0 radical (unpaired) electrons. The molecule has 0 atom stereocenters. The van der Waals surface area contributed by atoms with Gasteiger partial charge in [0, 0.05) is 44.3 Å². The van der Waals surface area contributed by atoms with Gasteiger partial charge in [-0.15, -0.1) is 0 Å². The van der Waals surface area contributed by atoms with Gasteiger partial charge < -0.3 is 14.7 Å². The zero-order chi connectivity index (χ0) is 22.3. The quantitative estimate of drug-likeness (QED) is 0.775. The number of carbonyl (C=O) groups is 1. The van der Waals surface area contributed by atoms with Crippen LogP contribution >= 0.6 is 0 Å². The number of rotatable bonds is 4. The summed E-state index contributed by atoms with van der Waals surface area (Å²) in [6, 6.07) is 13.7. The van der Waals surface area contributed by atoms with Crippen LogP contribution in [0.3, 0.4) is 0 Å². The van der Waals surface area contributed by atoms with Crippen molar-refractivity contribution >= 4 is 11.7 Å². The lowest BCUT2D eigenvalue weighted by molar-refractivity contribution is -0.0627. The molecule has 1 N–H and O–H groups in total. The van der Waals surface area contributed by atoms with Crippen LogP contribution in [0.1, 0.15) is 65.7 Å². The van der Waals surface area contributed by atoms with Gasteiger partial charge in [-0.3, -0.25) is 4.90 Å². The minimum atomic E-state index is -0.916. The van der Waals surface area contributed by atoms with Crippen molar-refractivity contribution in [3.8, 4) is 0 Å². The molecule has 0 aliphatic carbocycles. The molecule has 0 amide bonds. The predicted molar refractivity (Wildman–Crippen MR) is 122 cm³/mol. The van der Waals surface area contributed by atoms with E-state index in [0.717, 1.165) is 56.8 Å². The van der Waals surface area contributed by atoms with Crippen LogP contribution in [0, 0.1) is 0 Å². The number of carboxylic acids is 1. The number of ether oxygens (including phenoxy) is 1. The molecule has 3 heterocycles. The Kier molecular flexibility index (Phi) is 5.30. The Morgan fingerprint density at radius 2 is 1.88 bits per heavy atom. The fraction of sp³-hybridized carbons (Fsp3) is 0.462. The molecule has 1 fully saturated rings. The molecule has 0 aromatic heterocycles. The highest BCUT2D eigenvalue weighted by Crippen LogP contribution is 2.37. The summed E-state index contributed by atoms with van der Waals surface area (Å²) in [5, 5.41) is 13.5. The third-order valence-corrected chi connectivity index (χ3v) is 7.10. The number of oxime groups is 1. The number of hydrogen-bond acceptors (Lipinski definition) is 5. The summed E-state index contributed by atoms with van der Waals surface area (Å²) in [7, 11) is 0. The molecule has 5 rings (SSSR count). The summed E-state index contributed by atoms with van der Waals surface area (Å²) in [4.78, 5) is 19.5. The smallest absolute Gasteiger partial charge is 0.335 e. The van der Waals surface area contributed by atoms with Crippen molar-refractivity contribution in [2.75, 3.05) is 19.7 Å². The van der Waals surface area contributed by atoms with E-state index in [2.05, 4.69) is 42.1 Å². The highest BCUT2D eigenvalue weighted by atomic mass is 16.7. The van der Waals surface area contributed by atoms with Crippen LogP contribution in [-0.2, 0) is 28.1 Å². The number of fused-ring (bicyclic) bond motifs is 1. The van der Waals surface area contributed by atoms with Gasteiger partial charge in [0.15, 0.2) is 0 Å². The number of benzene rings is 2. The molecular weight excluding hydrogens is 404 g/mol. The average Bonchev–Trinajstić information content (AvgIpc) is 3.19. The monoisotopic (exact) mass is 434 g/mol. The number of aromatic carboxylic acids is 1. The molecule has 0 saturated carbocycles. The van der Waals surface area contributed by atoms with Gasteiger partial charge in [-0.2, -0.15) is 0 Å². The molecule has 32 heavy (non-hydrogen) atoms. The Morgan fingerprint density at radius 1 is 1.12 bits per heavy atom. The molecule has 168 valence electrons. The zero-order valence-corrected chi connectivity index (χ0v) is 18.8. The van der Waals surface area contributed by atoms with Gasteiger partial charge in [-0.25, -0.2) is 4.79 Å². The van der Waals surface area contributed by atoms with E-state index in [1.54, 1.807) is 12.1 Å². The summed E-state index contributed by atoms with van der Waals surface area (Å²) in [6.45, 7) is 8.89. The van der Waals surface area contributed by atoms with Crippen LogP contribution in [0.4, 0.5) is 0 Å². The number of hydrogen-bond donors (Lipinski definition) is 1. The number of carboxylic acid groups (broad SMARTS) is 1. The van der Waals surface area contributed by atoms with Crippen LogP contribution in [0.25, 0.3) is 0 Å². The van der Waals surface area contributed by atoms with Gasteiger partial charge in [0.05, 0.1) is 24.5 Å². The van der Waals surface area contributed by atoms with E-state index < -0.39 is 5.97 Å². The summed E-state index contributed by atoms with van der Waals surface area (Å²) in [5.41, 5.74) is 6.05. The van der Waals surface area contributed by atoms with Crippen LogP contribution in [0.2, 0.25) is 0 Å². The Hall–Kier alpha value is -2.70. The van der Waals surface area contributed by atoms with E-state index in [-0.39, 0.29) is 16.6 Å². The van der Waals surface area contributed by atoms with Crippen molar-refractivity contribution in [1.82, 2.24) is 4.90 Å². The molecular formula is C26H30N2O4.